The first-order valence-electron chi connectivity index (χ1n) is 8.52. The minimum Gasteiger partial charge on any atom is -0.404 e. The molecule has 0 spiro atoms. The fraction of sp³-hybridized carbons (Fsp3) is 0.0500. The van der Waals surface area contributed by atoms with Gasteiger partial charge in [-0.25, -0.2) is 10.6 Å². The van der Waals surface area contributed by atoms with E-state index in [0.717, 1.165) is 5.56 Å². The molecule has 1 aromatic heterocycles. The van der Waals surface area contributed by atoms with Gasteiger partial charge < -0.3 is 10.5 Å². The minimum absolute atomic E-state index is 0.0454. The summed E-state index contributed by atoms with van der Waals surface area (Å²) in [7, 11) is 0. The Kier molecular flexibility index (Phi) is 4.48. The van der Waals surface area contributed by atoms with E-state index in [2.05, 4.69) is 10.4 Å². The first-order valence-corrected chi connectivity index (χ1v) is 8.52. The highest BCUT2D eigenvalue weighted by Crippen LogP contribution is 2.40. The summed E-state index contributed by atoms with van der Waals surface area (Å²) in [6.07, 6.45) is 0. The molecule has 1 aliphatic rings. The molecular weight excluding hydrogens is 358 g/mol. The third kappa shape index (κ3) is 3.18. The van der Waals surface area contributed by atoms with Crippen LogP contribution in [0, 0.1) is 0 Å². The third-order valence-electron chi connectivity index (χ3n) is 4.41. The molecule has 8 heteroatoms. The van der Waals surface area contributed by atoms with Crippen molar-refractivity contribution in [3.63, 3.8) is 0 Å². The van der Waals surface area contributed by atoms with Gasteiger partial charge in [0.25, 0.3) is 0 Å². The van der Waals surface area contributed by atoms with Crippen molar-refractivity contribution in [3.05, 3.63) is 89.0 Å². The third-order valence-corrected chi connectivity index (χ3v) is 4.41. The normalized spacial score (nSPS) is 15.5. The average Bonchev–Trinajstić information content (AvgIpc) is 3.04. The van der Waals surface area contributed by atoms with Crippen molar-refractivity contribution < 1.29 is 14.3 Å². The highest BCUT2D eigenvalue weighted by molar-refractivity contribution is 5.97. The maximum atomic E-state index is 12.3. The number of primary amides is 1. The summed E-state index contributed by atoms with van der Waals surface area (Å²) in [4.78, 5) is 28.7. The lowest BCUT2D eigenvalue weighted by molar-refractivity contribution is 0.0726. The van der Waals surface area contributed by atoms with Crippen LogP contribution in [0.25, 0.3) is 0 Å². The summed E-state index contributed by atoms with van der Waals surface area (Å²) in [5.41, 5.74) is 10.4. The predicted molar refractivity (Wildman–Crippen MR) is 102 cm³/mol. The quantitative estimate of drug-likeness (QED) is 0.471. The molecule has 0 radical (unpaired) electrons. The number of hydrogen-bond acceptors (Lipinski definition) is 7. The van der Waals surface area contributed by atoms with Gasteiger partial charge in [-0.15, -0.1) is 5.12 Å². The van der Waals surface area contributed by atoms with E-state index in [1.165, 1.54) is 11.2 Å². The molecule has 1 atom stereocenters. The van der Waals surface area contributed by atoms with Gasteiger partial charge in [0.1, 0.15) is 0 Å². The maximum absolute atomic E-state index is 12.3. The number of nitrogens with two attached hydrogens (primary N) is 2. The van der Waals surface area contributed by atoms with Crippen LogP contribution in [0.1, 0.15) is 37.9 Å². The number of carbonyl (C=O) groups excluding carboxylic acids is 2. The molecule has 140 valence electrons. The Morgan fingerprint density at radius 3 is 2.32 bits per heavy atom. The predicted octanol–water partition coefficient (Wildman–Crippen LogP) is 2.01. The lowest BCUT2D eigenvalue weighted by atomic mass is 9.96. The van der Waals surface area contributed by atoms with Crippen LogP contribution in [0.2, 0.25) is 0 Å². The van der Waals surface area contributed by atoms with Gasteiger partial charge in [-0.05, 0) is 17.7 Å². The Bertz CT molecular complexity index is 1040. The van der Waals surface area contributed by atoms with Crippen molar-refractivity contribution in [1.29, 1.82) is 0 Å². The van der Waals surface area contributed by atoms with Crippen LogP contribution in [0.15, 0.2) is 66.7 Å². The van der Waals surface area contributed by atoms with E-state index in [1.54, 1.807) is 30.3 Å². The number of nitrogens with zero attached hydrogens (tertiary/aromatic N) is 2. The number of carbonyl (C=O) groups is 2. The molecule has 3 aromatic rings. The van der Waals surface area contributed by atoms with E-state index >= 15 is 0 Å². The number of fused-ring (bicyclic) bond motifs is 1. The molecule has 4 rings (SSSR count). The summed E-state index contributed by atoms with van der Waals surface area (Å²) in [6, 6.07) is 18.8. The van der Waals surface area contributed by atoms with E-state index in [1.807, 2.05) is 30.3 Å². The lowest BCUT2D eigenvalue weighted by Gasteiger charge is -2.20. The molecular formula is C20H17N5O3. The zero-order valence-electron chi connectivity index (χ0n) is 14.7. The topological polar surface area (TPSA) is 124 Å². The molecule has 1 aliphatic heterocycles. The van der Waals surface area contributed by atoms with Crippen LogP contribution >= 0.6 is 0 Å². The van der Waals surface area contributed by atoms with Gasteiger partial charge in [-0.1, -0.05) is 48.5 Å². The smallest absolute Gasteiger partial charge is 0.344 e. The SMILES string of the molecule is NC(=O)c1cc(OC(=O)c2ccccc2)nc2c1C(c1ccccc1)N(N)N2. The number of nitrogens with one attached hydrogen (secondary N) is 1. The van der Waals surface area contributed by atoms with Crippen molar-refractivity contribution >= 4 is 17.7 Å². The molecule has 5 N–H and O–H groups in total. The molecule has 0 fully saturated rings. The fourth-order valence-corrected chi connectivity index (χ4v) is 3.17. The lowest BCUT2D eigenvalue weighted by Crippen LogP contribution is -2.35. The fourth-order valence-electron chi connectivity index (χ4n) is 3.17. The van der Waals surface area contributed by atoms with Crippen LogP contribution in [0.5, 0.6) is 5.88 Å². The van der Waals surface area contributed by atoms with Crippen LogP contribution in [-0.4, -0.2) is 22.0 Å². The Balaban J connectivity index is 1.74. The zero-order valence-corrected chi connectivity index (χ0v) is 14.7. The first kappa shape index (κ1) is 17.7. The Hall–Kier alpha value is -3.75. The summed E-state index contributed by atoms with van der Waals surface area (Å²) >= 11 is 0. The van der Waals surface area contributed by atoms with Crippen molar-refractivity contribution in [2.24, 2.45) is 11.6 Å². The largest absolute Gasteiger partial charge is 0.404 e. The van der Waals surface area contributed by atoms with E-state index < -0.39 is 17.9 Å². The Morgan fingerprint density at radius 2 is 1.68 bits per heavy atom. The summed E-state index contributed by atoms with van der Waals surface area (Å²) < 4.78 is 5.34. The van der Waals surface area contributed by atoms with Crippen molar-refractivity contribution in [3.8, 4) is 5.88 Å². The monoisotopic (exact) mass is 375 g/mol. The van der Waals surface area contributed by atoms with Crippen LogP contribution in [-0.2, 0) is 0 Å². The highest BCUT2D eigenvalue weighted by atomic mass is 16.5. The van der Waals surface area contributed by atoms with Gasteiger partial charge in [0.2, 0.25) is 11.8 Å². The standard InChI is InChI=1S/C20H17N5O3/c21-18(26)14-11-15(28-20(27)13-9-5-2-6-10-13)23-19-16(14)17(25(22)24-19)12-7-3-1-4-8-12/h1-11,17H,22H2,(H2,21,26)(H,23,24). The van der Waals surface area contributed by atoms with E-state index in [0.29, 0.717) is 16.9 Å². The molecule has 28 heavy (non-hydrogen) atoms. The number of benzene rings is 2. The number of ether oxygens (including phenoxy) is 1. The van der Waals surface area contributed by atoms with E-state index in [9.17, 15) is 9.59 Å². The number of esters is 1. The minimum atomic E-state index is -0.673. The van der Waals surface area contributed by atoms with Gasteiger partial charge >= 0.3 is 5.97 Å². The van der Waals surface area contributed by atoms with Gasteiger partial charge in [0.05, 0.1) is 17.2 Å². The molecule has 0 aliphatic carbocycles. The molecule has 0 saturated heterocycles. The van der Waals surface area contributed by atoms with Gasteiger partial charge in [-0.3, -0.25) is 10.2 Å². The van der Waals surface area contributed by atoms with E-state index in [4.69, 9.17) is 16.3 Å². The number of aromatic nitrogens is 1. The second-order valence-corrected chi connectivity index (χ2v) is 6.22. The molecule has 2 aromatic carbocycles. The maximum Gasteiger partial charge on any atom is 0.344 e. The molecule has 1 unspecified atom stereocenters. The second-order valence-electron chi connectivity index (χ2n) is 6.22. The molecule has 1 amide bonds. The average molecular weight is 375 g/mol. The van der Waals surface area contributed by atoms with Gasteiger partial charge in [-0.2, -0.15) is 4.98 Å². The molecule has 0 bridgehead atoms. The number of amides is 1. The zero-order chi connectivity index (χ0) is 19.7. The van der Waals surface area contributed by atoms with Gasteiger partial charge in [0, 0.05) is 11.6 Å². The number of rotatable bonds is 4. The summed E-state index contributed by atoms with van der Waals surface area (Å²) in [5, 5.41) is 1.34. The van der Waals surface area contributed by atoms with Gasteiger partial charge in [0.15, 0.2) is 5.82 Å². The Labute approximate surface area is 160 Å². The van der Waals surface area contributed by atoms with Crippen LogP contribution in [0.3, 0.4) is 0 Å². The summed E-state index contributed by atoms with van der Waals surface area (Å²) in [5.74, 6) is 5.09. The van der Waals surface area contributed by atoms with Crippen LogP contribution < -0.4 is 21.7 Å². The van der Waals surface area contributed by atoms with Crippen molar-refractivity contribution in [2.45, 2.75) is 6.04 Å². The second kappa shape index (κ2) is 7.10. The molecule has 2 heterocycles. The first-order chi connectivity index (χ1) is 13.5. The number of anilines is 1. The number of hydrogen-bond donors (Lipinski definition) is 3. The Morgan fingerprint density at radius 1 is 1.04 bits per heavy atom. The van der Waals surface area contributed by atoms with Crippen molar-refractivity contribution in [2.75, 3.05) is 5.43 Å². The number of hydrazine groups is 2. The van der Waals surface area contributed by atoms with E-state index in [-0.39, 0.29) is 11.4 Å². The number of pyridine rings is 1. The van der Waals surface area contributed by atoms with Crippen LogP contribution in [0.4, 0.5) is 5.82 Å². The van der Waals surface area contributed by atoms with Crippen molar-refractivity contribution in [1.82, 2.24) is 10.1 Å². The molecule has 0 saturated carbocycles. The molecule has 8 nitrogen and oxygen atoms in total. The summed E-state index contributed by atoms with van der Waals surface area (Å²) in [6.45, 7) is 0. The highest BCUT2D eigenvalue weighted by Gasteiger charge is 2.35.